The standard InChI is InChI=1S/C12H16ClNO/c1-15-8-10-6-9(7-14-10)11-4-2-3-5-12(11)13/h2-5,9-10,14H,6-8H2,1H3. The third-order valence-corrected chi connectivity index (χ3v) is 3.28. The molecular formula is C12H16ClNO. The Bertz CT molecular complexity index is 329. The van der Waals surface area contributed by atoms with E-state index in [1.54, 1.807) is 7.11 Å². The highest BCUT2D eigenvalue weighted by Gasteiger charge is 2.26. The SMILES string of the molecule is COCC1CC(c2ccccc2Cl)CN1. The molecule has 1 fully saturated rings. The van der Waals surface area contributed by atoms with Crippen LogP contribution in [0.2, 0.25) is 5.02 Å². The fourth-order valence-corrected chi connectivity index (χ4v) is 2.48. The van der Waals surface area contributed by atoms with Gasteiger partial charge in [0.2, 0.25) is 0 Å². The van der Waals surface area contributed by atoms with Crippen molar-refractivity contribution in [1.82, 2.24) is 5.32 Å². The first kappa shape index (κ1) is 10.9. The summed E-state index contributed by atoms with van der Waals surface area (Å²) in [4.78, 5) is 0. The first-order valence-corrected chi connectivity index (χ1v) is 5.66. The zero-order chi connectivity index (χ0) is 10.7. The Morgan fingerprint density at radius 2 is 2.27 bits per heavy atom. The number of methoxy groups -OCH3 is 1. The molecule has 2 nitrogen and oxygen atoms in total. The minimum Gasteiger partial charge on any atom is -0.383 e. The number of hydrogen-bond acceptors (Lipinski definition) is 2. The van der Waals surface area contributed by atoms with Crippen LogP contribution < -0.4 is 5.32 Å². The van der Waals surface area contributed by atoms with Crippen LogP contribution in [-0.4, -0.2) is 26.3 Å². The van der Waals surface area contributed by atoms with Crippen LogP contribution in [0.1, 0.15) is 17.9 Å². The number of benzene rings is 1. The highest BCUT2D eigenvalue weighted by Crippen LogP contribution is 2.30. The summed E-state index contributed by atoms with van der Waals surface area (Å²) in [5.74, 6) is 0.527. The van der Waals surface area contributed by atoms with Crippen molar-refractivity contribution < 1.29 is 4.74 Å². The van der Waals surface area contributed by atoms with Crippen LogP contribution in [0.15, 0.2) is 24.3 Å². The molecule has 0 saturated carbocycles. The van der Waals surface area contributed by atoms with Gasteiger partial charge in [-0.1, -0.05) is 29.8 Å². The molecule has 0 spiro atoms. The van der Waals surface area contributed by atoms with Crippen LogP contribution >= 0.6 is 11.6 Å². The molecule has 1 aliphatic rings. The molecule has 1 saturated heterocycles. The highest BCUT2D eigenvalue weighted by molar-refractivity contribution is 6.31. The molecule has 0 radical (unpaired) electrons. The lowest BCUT2D eigenvalue weighted by molar-refractivity contribution is 0.173. The third-order valence-electron chi connectivity index (χ3n) is 2.93. The van der Waals surface area contributed by atoms with Gasteiger partial charge in [-0.05, 0) is 24.0 Å². The van der Waals surface area contributed by atoms with Crippen molar-refractivity contribution in [3.05, 3.63) is 34.9 Å². The number of ether oxygens (including phenoxy) is 1. The molecule has 3 heteroatoms. The van der Waals surface area contributed by atoms with Gasteiger partial charge in [-0.25, -0.2) is 0 Å². The van der Waals surface area contributed by atoms with E-state index in [9.17, 15) is 0 Å². The summed E-state index contributed by atoms with van der Waals surface area (Å²) >= 11 is 6.17. The topological polar surface area (TPSA) is 21.3 Å². The van der Waals surface area contributed by atoms with Gasteiger partial charge in [0.25, 0.3) is 0 Å². The molecule has 0 aliphatic carbocycles. The minimum absolute atomic E-state index is 0.469. The van der Waals surface area contributed by atoms with E-state index in [2.05, 4.69) is 11.4 Å². The van der Waals surface area contributed by atoms with Gasteiger partial charge in [-0.15, -0.1) is 0 Å². The molecule has 0 bridgehead atoms. The van der Waals surface area contributed by atoms with Crippen LogP contribution in [0.25, 0.3) is 0 Å². The van der Waals surface area contributed by atoms with Crippen LogP contribution in [0.5, 0.6) is 0 Å². The second kappa shape index (κ2) is 4.97. The van der Waals surface area contributed by atoms with E-state index >= 15 is 0 Å². The monoisotopic (exact) mass is 225 g/mol. The highest BCUT2D eigenvalue weighted by atomic mass is 35.5. The molecule has 15 heavy (non-hydrogen) atoms. The van der Waals surface area contributed by atoms with Crippen molar-refractivity contribution in [1.29, 1.82) is 0 Å². The smallest absolute Gasteiger partial charge is 0.0616 e. The molecule has 0 aromatic heterocycles. The molecule has 2 atom stereocenters. The molecule has 0 amide bonds. The van der Waals surface area contributed by atoms with E-state index in [1.807, 2.05) is 18.2 Å². The summed E-state index contributed by atoms with van der Waals surface area (Å²) in [5.41, 5.74) is 1.25. The zero-order valence-corrected chi connectivity index (χ0v) is 9.63. The van der Waals surface area contributed by atoms with Crippen LogP contribution in [0, 0.1) is 0 Å². The van der Waals surface area contributed by atoms with E-state index in [4.69, 9.17) is 16.3 Å². The van der Waals surface area contributed by atoms with Crippen molar-refractivity contribution in [3.8, 4) is 0 Å². The Hall–Kier alpha value is -0.570. The van der Waals surface area contributed by atoms with Gasteiger partial charge in [0.15, 0.2) is 0 Å². The first-order chi connectivity index (χ1) is 7.31. The maximum absolute atomic E-state index is 6.17. The van der Waals surface area contributed by atoms with Crippen molar-refractivity contribution in [3.63, 3.8) is 0 Å². The minimum atomic E-state index is 0.469. The van der Waals surface area contributed by atoms with E-state index in [0.717, 1.165) is 24.6 Å². The predicted molar refractivity (Wildman–Crippen MR) is 62.5 cm³/mol. The van der Waals surface area contributed by atoms with E-state index in [0.29, 0.717) is 12.0 Å². The largest absolute Gasteiger partial charge is 0.383 e. The van der Waals surface area contributed by atoms with Gasteiger partial charge in [0, 0.05) is 24.7 Å². The Balaban J connectivity index is 2.04. The zero-order valence-electron chi connectivity index (χ0n) is 8.87. The summed E-state index contributed by atoms with van der Waals surface area (Å²) in [6.07, 6.45) is 1.11. The average Bonchev–Trinajstić information content (AvgIpc) is 2.68. The third kappa shape index (κ3) is 2.51. The van der Waals surface area contributed by atoms with Gasteiger partial charge < -0.3 is 10.1 Å². The summed E-state index contributed by atoms with van der Waals surface area (Å²) < 4.78 is 5.14. The fourth-order valence-electron chi connectivity index (χ4n) is 2.19. The quantitative estimate of drug-likeness (QED) is 0.853. The average molecular weight is 226 g/mol. The lowest BCUT2D eigenvalue weighted by Crippen LogP contribution is -2.25. The molecular weight excluding hydrogens is 210 g/mol. The molecule has 2 rings (SSSR count). The molecule has 1 heterocycles. The van der Waals surface area contributed by atoms with Gasteiger partial charge >= 0.3 is 0 Å². The fraction of sp³-hybridized carbons (Fsp3) is 0.500. The Morgan fingerprint density at radius 3 is 3.00 bits per heavy atom. The molecule has 1 N–H and O–H groups in total. The molecule has 1 aromatic rings. The van der Waals surface area contributed by atoms with Crippen LogP contribution in [0.3, 0.4) is 0 Å². The normalized spacial score (nSPS) is 25.7. The van der Waals surface area contributed by atoms with Gasteiger partial charge in [-0.3, -0.25) is 0 Å². The van der Waals surface area contributed by atoms with Crippen molar-refractivity contribution >= 4 is 11.6 Å². The van der Waals surface area contributed by atoms with Crippen LogP contribution in [0.4, 0.5) is 0 Å². The van der Waals surface area contributed by atoms with Gasteiger partial charge in [0.05, 0.1) is 6.61 Å². The van der Waals surface area contributed by atoms with Crippen LogP contribution in [-0.2, 0) is 4.74 Å². The number of rotatable bonds is 3. The predicted octanol–water partition coefficient (Wildman–Crippen LogP) is 2.43. The first-order valence-electron chi connectivity index (χ1n) is 5.28. The van der Waals surface area contributed by atoms with Crippen molar-refractivity contribution in [2.75, 3.05) is 20.3 Å². The second-order valence-electron chi connectivity index (χ2n) is 4.01. The Morgan fingerprint density at radius 1 is 1.47 bits per heavy atom. The molecule has 82 valence electrons. The summed E-state index contributed by atoms with van der Waals surface area (Å²) in [5, 5.41) is 4.33. The second-order valence-corrected chi connectivity index (χ2v) is 4.42. The maximum atomic E-state index is 6.17. The maximum Gasteiger partial charge on any atom is 0.0616 e. The lowest BCUT2D eigenvalue weighted by Gasteiger charge is -2.11. The van der Waals surface area contributed by atoms with E-state index < -0.39 is 0 Å². The molecule has 1 aliphatic heterocycles. The van der Waals surface area contributed by atoms with Gasteiger partial charge in [0.1, 0.15) is 0 Å². The summed E-state index contributed by atoms with van der Waals surface area (Å²) in [7, 11) is 1.74. The lowest BCUT2D eigenvalue weighted by atomic mass is 9.96. The Labute approximate surface area is 95.6 Å². The number of halogens is 1. The molecule has 1 aromatic carbocycles. The summed E-state index contributed by atoms with van der Waals surface area (Å²) in [6.45, 7) is 1.78. The van der Waals surface area contributed by atoms with E-state index in [-0.39, 0.29) is 0 Å². The van der Waals surface area contributed by atoms with E-state index in [1.165, 1.54) is 5.56 Å². The van der Waals surface area contributed by atoms with Gasteiger partial charge in [-0.2, -0.15) is 0 Å². The Kier molecular flexibility index (Phi) is 3.62. The number of hydrogen-bond donors (Lipinski definition) is 1. The number of nitrogens with one attached hydrogen (secondary N) is 1. The van der Waals surface area contributed by atoms with Crippen molar-refractivity contribution in [2.24, 2.45) is 0 Å². The summed E-state index contributed by atoms with van der Waals surface area (Å²) in [6, 6.07) is 8.56. The molecule has 2 unspecified atom stereocenters. The van der Waals surface area contributed by atoms with Crippen molar-refractivity contribution in [2.45, 2.75) is 18.4 Å².